The number of rotatable bonds is 4. The van der Waals surface area contributed by atoms with Crippen LogP contribution in [0.25, 0.3) is 11.3 Å². The minimum atomic E-state index is -1.12. The Morgan fingerprint density at radius 3 is 2.47 bits per heavy atom. The number of ether oxygens (including phenoxy) is 2. The molecule has 1 aromatic heterocycles. The van der Waals surface area contributed by atoms with Crippen LogP contribution in [0, 0.1) is 6.92 Å². The lowest BCUT2D eigenvalue weighted by Gasteiger charge is -2.08. The summed E-state index contributed by atoms with van der Waals surface area (Å²) in [6.07, 6.45) is 0. The molecular weight excluding hydrogens is 250 g/mol. The van der Waals surface area contributed by atoms with Crippen LogP contribution in [-0.2, 0) is 0 Å². The molecule has 0 atom stereocenters. The zero-order chi connectivity index (χ0) is 14.0. The fourth-order valence-corrected chi connectivity index (χ4v) is 1.78. The largest absolute Gasteiger partial charge is 0.493 e. The van der Waals surface area contributed by atoms with Crippen molar-refractivity contribution in [1.29, 1.82) is 0 Å². The number of aromatic carboxylic acids is 1. The molecule has 0 spiro atoms. The van der Waals surface area contributed by atoms with Gasteiger partial charge in [0.1, 0.15) is 0 Å². The molecule has 6 nitrogen and oxygen atoms in total. The summed E-state index contributed by atoms with van der Waals surface area (Å²) in [5.74, 6) is 0.404. The van der Waals surface area contributed by atoms with E-state index in [1.165, 1.54) is 7.11 Å². The fourth-order valence-electron chi connectivity index (χ4n) is 1.78. The summed E-state index contributed by atoms with van der Waals surface area (Å²) in [6.45, 7) is 1.64. The van der Waals surface area contributed by atoms with Gasteiger partial charge in [-0.2, -0.15) is 0 Å². The summed E-state index contributed by atoms with van der Waals surface area (Å²) < 4.78 is 15.4. The lowest BCUT2D eigenvalue weighted by atomic mass is 10.1. The third-order valence-electron chi connectivity index (χ3n) is 2.77. The van der Waals surface area contributed by atoms with E-state index in [0.29, 0.717) is 28.4 Å². The molecule has 0 saturated carbocycles. The van der Waals surface area contributed by atoms with Crippen LogP contribution in [0.3, 0.4) is 0 Å². The lowest BCUT2D eigenvalue weighted by molar-refractivity contribution is 0.0685. The Morgan fingerprint density at radius 2 is 1.95 bits per heavy atom. The summed E-state index contributed by atoms with van der Waals surface area (Å²) in [4.78, 5) is 10.9. The molecule has 0 aliphatic carbocycles. The van der Waals surface area contributed by atoms with Gasteiger partial charge in [-0.1, -0.05) is 5.16 Å². The second-order valence-corrected chi connectivity index (χ2v) is 3.86. The quantitative estimate of drug-likeness (QED) is 0.911. The lowest BCUT2D eigenvalue weighted by Crippen LogP contribution is -1.98. The predicted octanol–water partition coefficient (Wildman–Crippen LogP) is 2.37. The number of methoxy groups -OCH3 is 2. The monoisotopic (exact) mass is 263 g/mol. The zero-order valence-electron chi connectivity index (χ0n) is 10.8. The molecule has 19 heavy (non-hydrogen) atoms. The van der Waals surface area contributed by atoms with E-state index >= 15 is 0 Å². The first-order valence-corrected chi connectivity index (χ1v) is 5.50. The van der Waals surface area contributed by atoms with Gasteiger partial charge in [0.25, 0.3) is 0 Å². The first-order chi connectivity index (χ1) is 9.08. The molecule has 1 aromatic carbocycles. The number of carbonyl (C=O) groups is 1. The van der Waals surface area contributed by atoms with Gasteiger partial charge >= 0.3 is 5.97 Å². The van der Waals surface area contributed by atoms with Gasteiger partial charge in [-0.3, -0.25) is 0 Å². The molecular formula is C13H13NO5. The Hall–Kier alpha value is -2.50. The van der Waals surface area contributed by atoms with Gasteiger partial charge in [0.15, 0.2) is 23.0 Å². The molecule has 2 rings (SSSR count). The Bertz CT molecular complexity index is 617. The second-order valence-electron chi connectivity index (χ2n) is 3.86. The number of nitrogens with zero attached hydrogens (tertiary/aromatic N) is 1. The van der Waals surface area contributed by atoms with Crippen molar-refractivity contribution in [3.63, 3.8) is 0 Å². The summed E-state index contributed by atoms with van der Waals surface area (Å²) >= 11 is 0. The maximum absolute atomic E-state index is 10.9. The van der Waals surface area contributed by atoms with Gasteiger partial charge in [-0.15, -0.1) is 0 Å². The number of hydrogen-bond acceptors (Lipinski definition) is 5. The molecule has 0 saturated heterocycles. The molecule has 0 bridgehead atoms. The van der Waals surface area contributed by atoms with Gasteiger partial charge in [-0.05, 0) is 25.1 Å². The summed E-state index contributed by atoms with van der Waals surface area (Å²) in [5.41, 5.74) is 1.06. The molecule has 2 aromatic rings. The molecule has 1 heterocycles. The fraction of sp³-hybridized carbons (Fsp3) is 0.231. The molecule has 6 heteroatoms. The maximum Gasteiger partial charge on any atom is 0.358 e. The standard InChI is InChI=1S/C13H13NO5/c1-7-11(13(15)16)14-19-12(7)8-4-5-9(17-2)10(6-8)18-3/h4-6H,1-3H3,(H,15,16). The number of benzene rings is 1. The molecule has 1 N–H and O–H groups in total. The maximum atomic E-state index is 10.9. The first-order valence-electron chi connectivity index (χ1n) is 5.50. The van der Waals surface area contributed by atoms with E-state index in [4.69, 9.17) is 19.1 Å². The molecule has 0 unspecified atom stereocenters. The Morgan fingerprint density at radius 1 is 1.26 bits per heavy atom. The Labute approximate surface area is 109 Å². The minimum Gasteiger partial charge on any atom is -0.493 e. The van der Waals surface area contributed by atoms with E-state index in [-0.39, 0.29) is 5.69 Å². The summed E-state index contributed by atoms with van der Waals surface area (Å²) in [6, 6.07) is 5.18. The first kappa shape index (κ1) is 12.9. The predicted molar refractivity (Wildman–Crippen MR) is 66.7 cm³/mol. The van der Waals surface area contributed by atoms with Gasteiger partial charge in [0, 0.05) is 11.1 Å². The third-order valence-corrected chi connectivity index (χ3v) is 2.77. The third kappa shape index (κ3) is 2.24. The van der Waals surface area contributed by atoms with Gasteiger partial charge in [-0.25, -0.2) is 4.79 Å². The summed E-state index contributed by atoms with van der Waals surface area (Å²) in [7, 11) is 3.07. The van der Waals surface area contributed by atoms with Crippen molar-refractivity contribution in [1.82, 2.24) is 5.16 Å². The van der Waals surface area contributed by atoms with E-state index in [0.717, 1.165) is 0 Å². The van der Waals surface area contributed by atoms with Crippen molar-refractivity contribution in [2.45, 2.75) is 6.92 Å². The van der Waals surface area contributed by atoms with Gasteiger partial charge in [0.2, 0.25) is 0 Å². The van der Waals surface area contributed by atoms with Crippen molar-refractivity contribution in [3.05, 3.63) is 29.5 Å². The van der Waals surface area contributed by atoms with Crippen molar-refractivity contribution in [2.75, 3.05) is 14.2 Å². The van der Waals surface area contributed by atoms with Crippen LogP contribution < -0.4 is 9.47 Å². The van der Waals surface area contributed by atoms with Crippen molar-refractivity contribution in [3.8, 4) is 22.8 Å². The van der Waals surface area contributed by atoms with Crippen LogP contribution in [0.15, 0.2) is 22.7 Å². The normalized spacial score (nSPS) is 10.3. The van der Waals surface area contributed by atoms with E-state index in [1.807, 2.05) is 0 Å². The van der Waals surface area contributed by atoms with E-state index in [9.17, 15) is 4.79 Å². The number of aromatic nitrogens is 1. The number of carboxylic acid groups (broad SMARTS) is 1. The second kappa shape index (κ2) is 5.01. The van der Waals surface area contributed by atoms with Crippen LogP contribution in [0.2, 0.25) is 0 Å². The van der Waals surface area contributed by atoms with Crippen molar-refractivity contribution >= 4 is 5.97 Å². The number of carboxylic acids is 1. The van der Waals surface area contributed by atoms with E-state index in [1.54, 1.807) is 32.2 Å². The Kier molecular flexibility index (Phi) is 3.41. The van der Waals surface area contributed by atoms with E-state index in [2.05, 4.69) is 5.16 Å². The average Bonchev–Trinajstić information content (AvgIpc) is 2.80. The van der Waals surface area contributed by atoms with Crippen LogP contribution in [0.5, 0.6) is 11.5 Å². The van der Waals surface area contributed by atoms with Crippen LogP contribution in [-0.4, -0.2) is 30.5 Å². The highest BCUT2D eigenvalue weighted by Crippen LogP contribution is 2.34. The van der Waals surface area contributed by atoms with Gasteiger partial charge in [0.05, 0.1) is 14.2 Å². The highest BCUT2D eigenvalue weighted by Gasteiger charge is 2.19. The smallest absolute Gasteiger partial charge is 0.358 e. The molecule has 0 amide bonds. The highest BCUT2D eigenvalue weighted by molar-refractivity contribution is 5.89. The zero-order valence-corrected chi connectivity index (χ0v) is 10.8. The van der Waals surface area contributed by atoms with Crippen LogP contribution in [0.1, 0.15) is 16.1 Å². The topological polar surface area (TPSA) is 81.8 Å². The molecule has 0 fully saturated rings. The summed E-state index contributed by atoms with van der Waals surface area (Å²) in [5, 5.41) is 12.5. The van der Waals surface area contributed by atoms with Gasteiger partial charge < -0.3 is 19.1 Å². The van der Waals surface area contributed by atoms with Crippen molar-refractivity contribution < 1.29 is 23.9 Å². The molecule has 0 aliphatic rings. The van der Waals surface area contributed by atoms with Crippen molar-refractivity contribution in [2.24, 2.45) is 0 Å². The molecule has 0 aliphatic heterocycles. The number of hydrogen-bond donors (Lipinski definition) is 1. The highest BCUT2D eigenvalue weighted by atomic mass is 16.5. The van der Waals surface area contributed by atoms with Crippen LogP contribution >= 0.6 is 0 Å². The molecule has 0 radical (unpaired) electrons. The minimum absolute atomic E-state index is 0.0928. The van der Waals surface area contributed by atoms with Crippen LogP contribution in [0.4, 0.5) is 0 Å². The average molecular weight is 263 g/mol. The Balaban J connectivity index is 2.50. The SMILES string of the molecule is COc1ccc(-c2onc(C(=O)O)c2C)cc1OC. The van der Waals surface area contributed by atoms with E-state index < -0.39 is 5.97 Å². The molecule has 100 valence electrons.